The van der Waals surface area contributed by atoms with E-state index in [4.69, 9.17) is 16.0 Å². The molecule has 0 aliphatic heterocycles. The second-order valence-electron chi connectivity index (χ2n) is 2.66. The highest BCUT2D eigenvalue weighted by Gasteiger charge is 2.11. The molecular formula is C7H9N5O. The number of nitrogen functional groups attached to an aromatic ring is 2. The zero-order valence-electron chi connectivity index (χ0n) is 7.06. The first kappa shape index (κ1) is 7.66. The van der Waals surface area contributed by atoms with E-state index in [-0.39, 0.29) is 5.95 Å². The lowest BCUT2D eigenvalue weighted by Gasteiger charge is -1.96. The summed E-state index contributed by atoms with van der Waals surface area (Å²) < 4.78 is 6.48. The summed E-state index contributed by atoms with van der Waals surface area (Å²) in [7, 11) is 0. The van der Waals surface area contributed by atoms with Crippen molar-refractivity contribution in [2.45, 2.75) is 6.92 Å². The number of hydrogen-bond donors (Lipinski definition) is 2. The van der Waals surface area contributed by atoms with Crippen LogP contribution in [-0.2, 0) is 0 Å². The van der Waals surface area contributed by atoms with Gasteiger partial charge in [0, 0.05) is 0 Å². The van der Waals surface area contributed by atoms with E-state index in [0.29, 0.717) is 11.6 Å². The highest BCUT2D eigenvalue weighted by Crippen LogP contribution is 2.19. The zero-order chi connectivity index (χ0) is 9.42. The molecule has 4 N–H and O–H groups in total. The van der Waals surface area contributed by atoms with Crippen LogP contribution in [0.15, 0.2) is 16.5 Å². The van der Waals surface area contributed by atoms with Gasteiger partial charge in [0.05, 0.1) is 0 Å². The molecule has 0 saturated heterocycles. The summed E-state index contributed by atoms with van der Waals surface area (Å²) in [5.74, 6) is 7.48. The lowest BCUT2D eigenvalue weighted by Crippen LogP contribution is -2.13. The molecule has 0 aliphatic carbocycles. The number of nitrogens with zero attached hydrogens (tertiary/aromatic N) is 3. The number of nitrogens with two attached hydrogens (primary N) is 2. The molecule has 0 amide bonds. The molecule has 13 heavy (non-hydrogen) atoms. The average Bonchev–Trinajstić information content (AvgIpc) is 2.62. The molecule has 0 atom stereocenters. The molecule has 68 valence electrons. The highest BCUT2D eigenvalue weighted by atomic mass is 16.3. The third kappa shape index (κ3) is 1.12. The van der Waals surface area contributed by atoms with Crippen molar-refractivity contribution in [3.8, 4) is 11.6 Å². The maximum absolute atomic E-state index is 5.55. The molecule has 2 heterocycles. The van der Waals surface area contributed by atoms with E-state index in [1.54, 1.807) is 6.07 Å². The third-order valence-corrected chi connectivity index (χ3v) is 1.68. The van der Waals surface area contributed by atoms with E-state index in [1.807, 2.05) is 13.0 Å². The fraction of sp³-hybridized carbons (Fsp3) is 0.143. The molecule has 0 aromatic carbocycles. The fourth-order valence-electron chi connectivity index (χ4n) is 1.03. The van der Waals surface area contributed by atoms with Crippen LogP contribution in [0.2, 0.25) is 0 Å². The Bertz CT molecular complexity index is 430. The van der Waals surface area contributed by atoms with Crippen molar-refractivity contribution in [3.63, 3.8) is 0 Å². The predicted octanol–water partition coefficient (Wildman–Crippen LogP) is 0.143. The molecule has 0 radical (unpaired) electrons. The van der Waals surface area contributed by atoms with Gasteiger partial charge in [-0.3, -0.25) is 0 Å². The van der Waals surface area contributed by atoms with Crippen molar-refractivity contribution in [2.24, 2.45) is 0 Å². The van der Waals surface area contributed by atoms with Crippen LogP contribution in [0.25, 0.3) is 11.6 Å². The SMILES string of the molecule is Cc1ccc(-c2nnc(N)n2N)o1. The second-order valence-corrected chi connectivity index (χ2v) is 2.66. The summed E-state index contributed by atoms with van der Waals surface area (Å²) in [4.78, 5) is 0. The number of rotatable bonds is 1. The van der Waals surface area contributed by atoms with Crippen LogP contribution in [0, 0.1) is 6.92 Å². The predicted molar refractivity (Wildman–Crippen MR) is 47.0 cm³/mol. The average molecular weight is 179 g/mol. The first-order valence-electron chi connectivity index (χ1n) is 3.71. The quantitative estimate of drug-likeness (QED) is 0.607. The number of hydrogen-bond acceptors (Lipinski definition) is 5. The normalized spacial score (nSPS) is 10.5. The van der Waals surface area contributed by atoms with Crippen molar-refractivity contribution in [2.75, 3.05) is 11.6 Å². The van der Waals surface area contributed by atoms with Gasteiger partial charge >= 0.3 is 0 Å². The number of aryl methyl sites for hydroxylation is 1. The maximum atomic E-state index is 5.55. The van der Waals surface area contributed by atoms with Crippen molar-refractivity contribution in [1.29, 1.82) is 0 Å². The van der Waals surface area contributed by atoms with Crippen LogP contribution >= 0.6 is 0 Å². The van der Waals surface area contributed by atoms with Gasteiger partial charge < -0.3 is 16.0 Å². The van der Waals surface area contributed by atoms with Crippen LogP contribution in [0.5, 0.6) is 0 Å². The van der Waals surface area contributed by atoms with Gasteiger partial charge in [-0.15, -0.1) is 10.2 Å². The zero-order valence-corrected chi connectivity index (χ0v) is 7.06. The lowest BCUT2D eigenvalue weighted by atomic mass is 10.4. The Balaban J connectivity index is 2.52. The second kappa shape index (κ2) is 2.51. The molecule has 2 rings (SSSR count). The Morgan fingerprint density at radius 1 is 1.38 bits per heavy atom. The van der Waals surface area contributed by atoms with Crippen LogP contribution in [0.3, 0.4) is 0 Å². The van der Waals surface area contributed by atoms with Gasteiger partial charge in [0.25, 0.3) is 0 Å². The van der Waals surface area contributed by atoms with Gasteiger partial charge in [-0.05, 0) is 19.1 Å². The molecule has 0 fully saturated rings. The standard InChI is InChI=1S/C7H9N5O/c1-4-2-3-5(13-4)6-10-11-7(8)12(6)9/h2-3H,9H2,1H3,(H2,8,11). The minimum Gasteiger partial charge on any atom is -0.458 e. The molecule has 0 saturated carbocycles. The van der Waals surface area contributed by atoms with Crippen molar-refractivity contribution >= 4 is 5.95 Å². The summed E-state index contributed by atoms with van der Waals surface area (Å²) in [6.07, 6.45) is 0. The molecular weight excluding hydrogens is 170 g/mol. The maximum Gasteiger partial charge on any atom is 0.241 e. The summed E-state index contributed by atoms with van der Waals surface area (Å²) in [6.45, 7) is 1.84. The topological polar surface area (TPSA) is 95.9 Å². The molecule has 2 aromatic rings. The fourth-order valence-corrected chi connectivity index (χ4v) is 1.03. The first-order chi connectivity index (χ1) is 6.18. The van der Waals surface area contributed by atoms with Crippen LogP contribution in [0.1, 0.15) is 5.76 Å². The third-order valence-electron chi connectivity index (χ3n) is 1.68. The van der Waals surface area contributed by atoms with Gasteiger partial charge in [-0.1, -0.05) is 0 Å². The van der Waals surface area contributed by atoms with Gasteiger partial charge in [0.1, 0.15) is 5.76 Å². The highest BCUT2D eigenvalue weighted by molar-refractivity contribution is 5.49. The van der Waals surface area contributed by atoms with Gasteiger partial charge in [0.15, 0.2) is 5.76 Å². The molecule has 6 heteroatoms. The van der Waals surface area contributed by atoms with E-state index in [2.05, 4.69) is 10.2 Å². The van der Waals surface area contributed by atoms with Crippen LogP contribution in [-0.4, -0.2) is 14.9 Å². The largest absolute Gasteiger partial charge is 0.458 e. The molecule has 2 aromatic heterocycles. The molecule has 0 spiro atoms. The molecule has 0 aliphatic rings. The van der Waals surface area contributed by atoms with E-state index < -0.39 is 0 Å². The first-order valence-corrected chi connectivity index (χ1v) is 3.71. The monoisotopic (exact) mass is 179 g/mol. The number of anilines is 1. The van der Waals surface area contributed by atoms with Crippen LogP contribution < -0.4 is 11.6 Å². The van der Waals surface area contributed by atoms with Gasteiger partial charge in [-0.25, -0.2) is 4.68 Å². The van der Waals surface area contributed by atoms with Crippen molar-refractivity contribution < 1.29 is 4.42 Å². The minimum absolute atomic E-state index is 0.157. The molecule has 0 bridgehead atoms. The van der Waals surface area contributed by atoms with E-state index in [9.17, 15) is 0 Å². The number of aromatic nitrogens is 3. The Hall–Kier alpha value is -1.98. The van der Waals surface area contributed by atoms with Crippen molar-refractivity contribution in [3.05, 3.63) is 17.9 Å². The smallest absolute Gasteiger partial charge is 0.241 e. The number of furan rings is 1. The Morgan fingerprint density at radius 2 is 2.15 bits per heavy atom. The summed E-state index contributed by atoms with van der Waals surface area (Å²) in [5.41, 5.74) is 5.41. The van der Waals surface area contributed by atoms with Crippen molar-refractivity contribution in [1.82, 2.24) is 14.9 Å². The summed E-state index contributed by atoms with van der Waals surface area (Å²) in [6, 6.07) is 3.59. The van der Waals surface area contributed by atoms with Gasteiger partial charge in [-0.2, -0.15) is 0 Å². The Kier molecular flexibility index (Phi) is 1.48. The van der Waals surface area contributed by atoms with E-state index >= 15 is 0 Å². The van der Waals surface area contributed by atoms with Crippen LogP contribution in [0.4, 0.5) is 5.95 Å². The summed E-state index contributed by atoms with van der Waals surface area (Å²) >= 11 is 0. The lowest BCUT2D eigenvalue weighted by molar-refractivity contribution is 0.542. The Morgan fingerprint density at radius 3 is 2.62 bits per heavy atom. The minimum atomic E-state index is 0.157. The Labute approximate surface area is 74.1 Å². The molecule has 6 nitrogen and oxygen atoms in total. The van der Waals surface area contributed by atoms with E-state index in [1.165, 1.54) is 4.68 Å². The van der Waals surface area contributed by atoms with E-state index in [0.717, 1.165) is 5.76 Å². The molecule has 0 unspecified atom stereocenters. The summed E-state index contributed by atoms with van der Waals surface area (Å²) in [5, 5.41) is 7.38. The van der Waals surface area contributed by atoms with Gasteiger partial charge in [0.2, 0.25) is 11.8 Å².